The van der Waals surface area contributed by atoms with Gasteiger partial charge in [0.1, 0.15) is 23.8 Å². The standard InChI is InChI=1S/C22H29FN4O3/c1-14-9-20(18-11-17(29-2)3-4-19(18)25-14)30-16-5-7-26(8-6-16)13-22(28)27-12-15(23)10-21(27)24/h3-4,9,11,15-16,21H,5-8,10,12-13,24H2,1-2H3/t15-,21-/m0/s1. The summed E-state index contributed by atoms with van der Waals surface area (Å²) in [5, 5.41) is 0.932. The second kappa shape index (κ2) is 8.73. The van der Waals surface area contributed by atoms with E-state index in [1.807, 2.05) is 31.2 Å². The van der Waals surface area contributed by atoms with Crippen molar-refractivity contribution < 1.29 is 18.7 Å². The highest BCUT2D eigenvalue weighted by Crippen LogP contribution is 2.31. The average molecular weight is 416 g/mol. The molecule has 0 aliphatic carbocycles. The van der Waals surface area contributed by atoms with Gasteiger partial charge in [-0.3, -0.25) is 14.7 Å². The van der Waals surface area contributed by atoms with Crippen LogP contribution in [0, 0.1) is 6.92 Å². The van der Waals surface area contributed by atoms with Crippen LogP contribution in [0.25, 0.3) is 10.9 Å². The molecule has 0 spiro atoms. The molecule has 3 heterocycles. The summed E-state index contributed by atoms with van der Waals surface area (Å²) >= 11 is 0. The van der Waals surface area contributed by atoms with E-state index in [0.717, 1.165) is 54.0 Å². The molecular weight excluding hydrogens is 387 g/mol. The summed E-state index contributed by atoms with van der Waals surface area (Å²) < 4.78 is 25.2. The number of hydrogen-bond donors (Lipinski definition) is 1. The van der Waals surface area contributed by atoms with Crippen LogP contribution in [0.1, 0.15) is 25.0 Å². The zero-order valence-electron chi connectivity index (χ0n) is 17.5. The van der Waals surface area contributed by atoms with E-state index in [0.29, 0.717) is 0 Å². The first-order chi connectivity index (χ1) is 14.4. The molecule has 2 saturated heterocycles. The molecule has 162 valence electrons. The Morgan fingerprint density at radius 1 is 1.30 bits per heavy atom. The molecular formula is C22H29FN4O3. The number of alkyl halides is 1. The minimum atomic E-state index is -1.01. The summed E-state index contributed by atoms with van der Waals surface area (Å²) in [6.45, 7) is 3.85. The van der Waals surface area contributed by atoms with Crippen molar-refractivity contribution in [1.29, 1.82) is 0 Å². The smallest absolute Gasteiger partial charge is 0.238 e. The van der Waals surface area contributed by atoms with Crippen LogP contribution >= 0.6 is 0 Å². The molecule has 0 radical (unpaired) electrons. The minimum Gasteiger partial charge on any atom is -0.497 e. The predicted octanol–water partition coefficient (Wildman–Crippen LogP) is 2.25. The third-order valence-electron chi connectivity index (χ3n) is 5.91. The number of piperidine rings is 1. The van der Waals surface area contributed by atoms with Crippen LogP contribution in [0.2, 0.25) is 0 Å². The lowest BCUT2D eigenvalue weighted by atomic mass is 10.1. The van der Waals surface area contributed by atoms with E-state index in [-0.39, 0.29) is 31.5 Å². The van der Waals surface area contributed by atoms with E-state index in [9.17, 15) is 9.18 Å². The Morgan fingerprint density at radius 2 is 2.07 bits per heavy atom. The first-order valence-electron chi connectivity index (χ1n) is 10.5. The quantitative estimate of drug-likeness (QED) is 0.805. The number of aryl methyl sites for hydroxylation is 1. The molecule has 4 rings (SSSR count). The highest BCUT2D eigenvalue weighted by molar-refractivity contribution is 5.86. The lowest BCUT2D eigenvalue weighted by Crippen LogP contribution is -2.48. The lowest BCUT2D eigenvalue weighted by Gasteiger charge is -2.33. The molecule has 2 N–H and O–H groups in total. The van der Waals surface area contributed by atoms with Crippen molar-refractivity contribution >= 4 is 16.8 Å². The van der Waals surface area contributed by atoms with Gasteiger partial charge in [-0.1, -0.05) is 0 Å². The van der Waals surface area contributed by atoms with Crippen molar-refractivity contribution in [1.82, 2.24) is 14.8 Å². The maximum Gasteiger partial charge on any atom is 0.238 e. The minimum absolute atomic E-state index is 0.0665. The van der Waals surface area contributed by atoms with Gasteiger partial charge in [0.2, 0.25) is 5.91 Å². The topological polar surface area (TPSA) is 80.9 Å². The Morgan fingerprint density at radius 3 is 2.73 bits per heavy atom. The molecule has 30 heavy (non-hydrogen) atoms. The fourth-order valence-electron chi connectivity index (χ4n) is 4.27. The van der Waals surface area contributed by atoms with Gasteiger partial charge in [-0.15, -0.1) is 0 Å². The summed E-state index contributed by atoms with van der Waals surface area (Å²) in [5.74, 6) is 1.48. The van der Waals surface area contributed by atoms with Crippen molar-refractivity contribution in [3.8, 4) is 11.5 Å². The third-order valence-corrected chi connectivity index (χ3v) is 5.91. The first kappa shape index (κ1) is 20.8. The van der Waals surface area contributed by atoms with E-state index < -0.39 is 12.3 Å². The number of nitrogens with two attached hydrogens (primary N) is 1. The van der Waals surface area contributed by atoms with E-state index in [4.69, 9.17) is 15.2 Å². The van der Waals surface area contributed by atoms with Crippen LogP contribution < -0.4 is 15.2 Å². The van der Waals surface area contributed by atoms with Crippen molar-refractivity contribution in [2.75, 3.05) is 33.3 Å². The number of ether oxygens (including phenoxy) is 2. The molecule has 2 atom stereocenters. The number of halogens is 1. The van der Waals surface area contributed by atoms with Crippen LogP contribution in [0.5, 0.6) is 11.5 Å². The molecule has 8 heteroatoms. The molecule has 0 unspecified atom stereocenters. The number of methoxy groups -OCH3 is 1. The van der Waals surface area contributed by atoms with E-state index >= 15 is 0 Å². The van der Waals surface area contributed by atoms with Crippen molar-refractivity contribution in [3.63, 3.8) is 0 Å². The Balaban J connectivity index is 1.36. The van der Waals surface area contributed by atoms with Gasteiger partial charge in [0.15, 0.2) is 0 Å². The third kappa shape index (κ3) is 4.49. The van der Waals surface area contributed by atoms with Gasteiger partial charge in [-0.2, -0.15) is 0 Å². The number of likely N-dealkylation sites (tertiary alicyclic amines) is 2. The van der Waals surface area contributed by atoms with Crippen LogP contribution in [-0.4, -0.2) is 72.4 Å². The number of carbonyl (C=O) groups excluding carboxylic acids is 1. The van der Waals surface area contributed by atoms with E-state index in [1.165, 1.54) is 4.90 Å². The fraction of sp³-hybridized carbons (Fsp3) is 0.545. The van der Waals surface area contributed by atoms with E-state index in [2.05, 4.69) is 9.88 Å². The number of hydrogen-bond acceptors (Lipinski definition) is 6. The predicted molar refractivity (Wildman–Crippen MR) is 112 cm³/mol. The molecule has 7 nitrogen and oxygen atoms in total. The number of carbonyl (C=O) groups is 1. The lowest BCUT2D eigenvalue weighted by molar-refractivity contribution is -0.133. The van der Waals surface area contributed by atoms with Gasteiger partial charge in [-0.25, -0.2) is 4.39 Å². The van der Waals surface area contributed by atoms with Crippen molar-refractivity contribution in [2.24, 2.45) is 5.73 Å². The highest BCUT2D eigenvalue weighted by Gasteiger charge is 2.34. The SMILES string of the molecule is COc1ccc2nc(C)cc(OC3CCN(CC(=O)N4C[C@@H](F)C[C@H]4N)CC3)c2c1. The van der Waals surface area contributed by atoms with Gasteiger partial charge in [0.05, 0.1) is 31.9 Å². The summed E-state index contributed by atoms with van der Waals surface area (Å²) in [7, 11) is 1.64. The van der Waals surface area contributed by atoms with Crippen LogP contribution in [-0.2, 0) is 4.79 Å². The molecule has 2 fully saturated rings. The second-order valence-corrected chi connectivity index (χ2v) is 8.18. The van der Waals surface area contributed by atoms with E-state index in [1.54, 1.807) is 7.11 Å². The fourth-order valence-corrected chi connectivity index (χ4v) is 4.27. The molecule has 2 aliphatic rings. The number of aromatic nitrogens is 1. The van der Waals surface area contributed by atoms with Gasteiger partial charge >= 0.3 is 0 Å². The number of amides is 1. The van der Waals surface area contributed by atoms with Crippen LogP contribution in [0.15, 0.2) is 24.3 Å². The first-order valence-corrected chi connectivity index (χ1v) is 10.5. The average Bonchev–Trinajstić information content (AvgIpc) is 3.07. The number of fused-ring (bicyclic) bond motifs is 1. The summed E-state index contributed by atoms with van der Waals surface area (Å²) in [5.41, 5.74) is 7.65. The van der Waals surface area contributed by atoms with Crippen LogP contribution in [0.3, 0.4) is 0 Å². The number of benzene rings is 1. The normalized spacial score (nSPS) is 23.1. The Bertz CT molecular complexity index is 917. The highest BCUT2D eigenvalue weighted by atomic mass is 19.1. The van der Waals surface area contributed by atoms with Crippen molar-refractivity contribution in [2.45, 2.75) is 44.6 Å². The largest absolute Gasteiger partial charge is 0.497 e. The van der Waals surface area contributed by atoms with Gasteiger partial charge < -0.3 is 20.1 Å². The molecule has 2 aliphatic heterocycles. The van der Waals surface area contributed by atoms with Gasteiger partial charge in [0.25, 0.3) is 0 Å². The summed E-state index contributed by atoms with van der Waals surface area (Å²) in [6, 6.07) is 7.74. The Labute approximate surface area is 175 Å². The number of rotatable bonds is 5. The van der Waals surface area contributed by atoms with Gasteiger partial charge in [-0.05, 0) is 38.0 Å². The monoisotopic (exact) mass is 416 g/mol. The summed E-state index contributed by atoms with van der Waals surface area (Å²) in [6.07, 6.45) is 0.410. The molecule has 1 amide bonds. The Kier molecular flexibility index (Phi) is 6.06. The second-order valence-electron chi connectivity index (χ2n) is 8.18. The maximum absolute atomic E-state index is 13.5. The Hall–Kier alpha value is -2.45. The van der Waals surface area contributed by atoms with Crippen LogP contribution in [0.4, 0.5) is 4.39 Å². The van der Waals surface area contributed by atoms with Gasteiger partial charge in [0, 0.05) is 36.7 Å². The summed E-state index contributed by atoms with van der Waals surface area (Å²) in [4.78, 5) is 20.6. The maximum atomic E-state index is 13.5. The number of nitrogens with zero attached hydrogens (tertiary/aromatic N) is 3. The molecule has 1 aromatic carbocycles. The number of pyridine rings is 1. The van der Waals surface area contributed by atoms with Crippen molar-refractivity contribution in [3.05, 3.63) is 30.0 Å². The molecule has 1 aromatic heterocycles. The molecule has 0 bridgehead atoms. The zero-order chi connectivity index (χ0) is 21.3. The molecule has 2 aromatic rings. The molecule has 0 saturated carbocycles. The zero-order valence-corrected chi connectivity index (χ0v) is 17.5.